The average Bonchev–Trinajstić information content (AvgIpc) is 3.62. The molecule has 0 saturated carbocycles. The van der Waals surface area contributed by atoms with Crippen molar-refractivity contribution in [1.82, 2.24) is 25.4 Å². The fourth-order valence-electron chi connectivity index (χ4n) is 5.44. The molecule has 2 aromatic heterocycles. The molecule has 44 heavy (non-hydrogen) atoms. The van der Waals surface area contributed by atoms with Gasteiger partial charge in [-0.15, -0.1) is 0 Å². The van der Waals surface area contributed by atoms with Gasteiger partial charge in [-0.25, -0.2) is 27.9 Å². The van der Waals surface area contributed by atoms with Crippen LogP contribution in [0.2, 0.25) is 0 Å². The van der Waals surface area contributed by atoms with Crippen molar-refractivity contribution >= 4 is 18.1 Å². The summed E-state index contributed by atoms with van der Waals surface area (Å²) in [4.78, 5) is 29.8. The molecule has 0 bridgehead atoms. The van der Waals surface area contributed by atoms with Gasteiger partial charge in [0.2, 0.25) is 5.95 Å². The van der Waals surface area contributed by atoms with E-state index in [9.17, 15) is 18.0 Å². The zero-order valence-corrected chi connectivity index (χ0v) is 25.5. The van der Waals surface area contributed by atoms with Gasteiger partial charge in [0, 0.05) is 50.0 Å². The minimum atomic E-state index is -1.28. The highest BCUT2D eigenvalue weighted by atomic mass is 19.2. The minimum Gasteiger partial charge on any atom is -0.490 e. The normalized spacial score (nSPS) is 20.7. The Labute approximate surface area is 254 Å². The summed E-state index contributed by atoms with van der Waals surface area (Å²) in [7, 11) is 0. The van der Waals surface area contributed by atoms with Gasteiger partial charge in [-0.05, 0) is 45.2 Å². The Morgan fingerprint density at radius 1 is 1.07 bits per heavy atom. The first-order chi connectivity index (χ1) is 20.9. The summed E-state index contributed by atoms with van der Waals surface area (Å²) >= 11 is 0. The molecule has 238 valence electrons. The van der Waals surface area contributed by atoms with E-state index >= 15 is 0 Å². The number of hydrogen-bond donors (Lipinski definition) is 1. The van der Waals surface area contributed by atoms with E-state index in [1.54, 1.807) is 38.1 Å². The number of ether oxygens (including phenoxy) is 2. The lowest BCUT2D eigenvalue weighted by atomic mass is 9.93. The first kappa shape index (κ1) is 31.3. The van der Waals surface area contributed by atoms with Crippen molar-refractivity contribution in [3.8, 4) is 5.75 Å². The lowest BCUT2D eigenvalue weighted by Gasteiger charge is -2.31. The summed E-state index contributed by atoms with van der Waals surface area (Å²) in [5.74, 6) is -2.18. The van der Waals surface area contributed by atoms with Crippen molar-refractivity contribution in [1.29, 1.82) is 0 Å². The van der Waals surface area contributed by atoms with Gasteiger partial charge in [0.1, 0.15) is 11.4 Å². The van der Waals surface area contributed by atoms with E-state index in [0.29, 0.717) is 36.2 Å². The van der Waals surface area contributed by atoms with Gasteiger partial charge in [0.05, 0.1) is 25.0 Å². The summed E-state index contributed by atoms with van der Waals surface area (Å²) in [5, 5.41) is 6.81. The zero-order valence-electron chi connectivity index (χ0n) is 25.5. The Kier molecular flexibility index (Phi) is 9.16. The highest BCUT2D eigenvalue weighted by molar-refractivity contribution is 5.68. The van der Waals surface area contributed by atoms with Crippen LogP contribution in [-0.4, -0.2) is 70.6 Å². The summed E-state index contributed by atoms with van der Waals surface area (Å²) < 4.78 is 59.4. The van der Waals surface area contributed by atoms with Gasteiger partial charge in [0.25, 0.3) is 0 Å². The summed E-state index contributed by atoms with van der Waals surface area (Å²) in [6.45, 7) is 11.5. The number of halogens is 3. The predicted molar refractivity (Wildman–Crippen MR) is 155 cm³/mol. The van der Waals surface area contributed by atoms with Crippen LogP contribution < -0.4 is 19.9 Å². The summed E-state index contributed by atoms with van der Waals surface area (Å²) in [6.07, 6.45) is 4.36. The lowest BCUT2D eigenvalue weighted by Crippen LogP contribution is -2.43. The Morgan fingerprint density at radius 3 is 2.48 bits per heavy atom. The molecule has 2 fully saturated rings. The molecule has 11 nitrogen and oxygen atoms in total. The first-order valence-corrected chi connectivity index (χ1v) is 14.8. The molecule has 4 heterocycles. The molecule has 0 radical (unpaired) electrons. The molecule has 14 heteroatoms. The number of anilines is 2. The van der Waals surface area contributed by atoms with E-state index in [-0.39, 0.29) is 30.5 Å². The Hall–Kier alpha value is -4.10. The van der Waals surface area contributed by atoms with Crippen LogP contribution in [0.25, 0.3) is 0 Å². The Bertz CT molecular complexity index is 1450. The van der Waals surface area contributed by atoms with E-state index in [2.05, 4.69) is 30.3 Å². The molecular weight excluding hydrogens is 579 g/mol. The highest BCUT2D eigenvalue weighted by Gasteiger charge is 2.39. The van der Waals surface area contributed by atoms with Gasteiger partial charge in [0.15, 0.2) is 23.2 Å². The van der Waals surface area contributed by atoms with Crippen molar-refractivity contribution in [3.63, 3.8) is 0 Å². The average molecular weight is 618 g/mol. The van der Waals surface area contributed by atoms with Crippen LogP contribution in [0.15, 0.2) is 29.0 Å². The zero-order chi connectivity index (χ0) is 31.6. The first-order valence-electron chi connectivity index (χ1n) is 14.8. The van der Waals surface area contributed by atoms with E-state index in [0.717, 1.165) is 32.0 Å². The number of carbonyl (C=O) groups is 1. The fourth-order valence-corrected chi connectivity index (χ4v) is 5.44. The highest BCUT2D eigenvalue weighted by Crippen LogP contribution is 2.33. The number of benzene rings is 1. The van der Waals surface area contributed by atoms with E-state index in [1.165, 1.54) is 0 Å². The third-order valence-electron chi connectivity index (χ3n) is 7.58. The fraction of sp³-hybridized carbons (Fsp3) is 0.567. The number of nitrogens with one attached hydrogen (secondary N) is 1. The molecule has 1 aromatic carbocycles. The molecule has 3 atom stereocenters. The second kappa shape index (κ2) is 12.9. The molecule has 1 unspecified atom stereocenters. The molecule has 1 N–H and O–H groups in total. The standard InChI is InChI=1S/C30H38F3N7O4/c1-17(2)26-37-28(44-38-26)39-8-6-7-18(13-39)16-42-19-11-34-27(35-12-19)40-14-21(20-9-23(32)24(33)10-22(20)31)25(15-40)36-29(41)43-30(3,4)5/h9-12,17-18,21,25H,6-8,13-16H2,1-5H3,(H,36,41)/t18?,21-,25+/m1/s1. The minimum absolute atomic E-state index is 0.0603. The number of amides is 1. The largest absolute Gasteiger partial charge is 0.490 e. The smallest absolute Gasteiger partial charge is 0.407 e. The molecule has 2 saturated heterocycles. The molecule has 2 aliphatic heterocycles. The second-order valence-electron chi connectivity index (χ2n) is 12.6. The third kappa shape index (κ3) is 7.51. The van der Waals surface area contributed by atoms with E-state index in [1.807, 2.05) is 13.8 Å². The van der Waals surface area contributed by atoms with Crippen molar-refractivity contribution in [2.45, 2.75) is 70.9 Å². The van der Waals surface area contributed by atoms with Crippen LogP contribution >= 0.6 is 0 Å². The number of rotatable bonds is 8. The van der Waals surface area contributed by atoms with Crippen molar-refractivity contribution in [2.75, 3.05) is 42.6 Å². The maximum Gasteiger partial charge on any atom is 0.407 e. The number of alkyl carbamates (subject to hydrolysis) is 1. The van der Waals surface area contributed by atoms with Crippen LogP contribution in [0, 0.1) is 23.4 Å². The summed E-state index contributed by atoms with van der Waals surface area (Å²) in [6, 6.07) is 1.18. The van der Waals surface area contributed by atoms with Gasteiger partial charge in [-0.3, -0.25) is 0 Å². The Morgan fingerprint density at radius 2 is 1.80 bits per heavy atom. The third-order valence-corrected chi connectivity index (χ3v) is 7.58. The van der Waals surface area contributed by atoms with Crippen molar-refractivity contribution in [2.24, 2.45) is 5.92 Å². The van der Waals surface area contributed by atoms with Crippen LogP contribution in [0.1, 0.15) is 70.7 Å². The second-order valence-corrected chi connectivity index (χ2v) is 12.6. The predicted octanol–water partition coefficient (Wildman–Crippen LogP) is 5.19. The number of hydrogen-bond acceptors (Lipinski definition) is 10. The number of carbonyl (C=O) groups excluding carboxylic acids is 1. The lowest BCUT2D eigenvalue weighted by molar-refractivity contribution is 0.0504. The van der Waals surface area contributed by atoms with Crippen molar-refractivity contribution < 1.29 is 32.0 Å². The molecule has 0 aliphatic carbocycles. The topological polar surface area (TPSA) is 119 Å². The summed E-state index contributed by atoms with van der Waals surface area (Å²) in [5.41, 5.74) is -0.820. The maximum absolute atomic E-state index is 14.8. The molecule has 2 aliphatic rings. The number of piperidine rings is 1. The molecule has 3 aromatic rings. The van der Waals surface area contributed by atoms with Gasteiger partial charge in [-0.2, -0.15) is 4.98 Å². The maximum atomic E-state index is 14.8. The van der Waals surface area contributed by atoms with Gasteiger partial charge >= 0.3 is 12.1 Å². The van der Waals surface area contributed by atoms with Crippen LogP contribution in [0.4, 0.5) is 29.9 Å². The quantitative estimate of drug-likeness (QED) is 0.338. The monoisotopic (exact) mass is 617 g/mol. The van der Waals surface area contributed by atoms with E-state index in [4.69, 9.17) is 14.0 Å². The number of aromatic nitrogens is 4. The SMILES string of the molecule is CC(C)c1noc(N2CCCC(COc3cnc(N4C[C@H](NC(=O)OC(C)(C)C)[C@@H](c5cc(F)c(F)cc5F)C4)nc3)C2)n1. The van der Waals surface area contributed by atoms with Crippen LogP contribution in [0.3, 0.4) is 0 Å². The van der Waals surface area contributed by atoms with Crippen LogP contribution in [0.5, 0.6) is 5.75 Å². The molecule has 5 rings (SSSR count). The van der Waals surface area contributed by atoms with E-state index < -0.39 is 41.1 Å². The molecule has 0 spiro atoms. The molecule has 1 amide bonds. The van der Waals surface area contributed by atoms with Crippen LogP contribution in [-0.2, 0) is 4.74 Å². The van der Waals surface area contributed by atoms with Gasteiger partial charge < -0.3 is 29.1 Å². The molecular formula is C30H38F3N7O4. The van der Waals surface area contributed by atoms with Crippen molar-refractivity contribution in [3.05, 3.63) is 53.4 Å². The van der Waals surface area contributed by atoms with Gasteiger partial charge in [-0.1, -0.05) is 19.0 Å². The number of nitrogens with zero attached hydrogens (tertiary/aromatic N) is 6. The Balaban J connectivity index is 1.23.